The highest BCUT2D eigenvalue weighted by Gasteiger charge is 2.16. The summed E-state index contributed by atoms with van der Waals surface area (Å²) in [6.45, 7) is 2.13. The van der Waals surface area contributed by atoms with Crippen molar-refractivity contribution in [1.29, 1.82) is 0 Å². The van der Waals surface area contributed by atoms with Crippen LogP contribution in [0.15, 0.2) is 39.9 Å². The number of hydrogen-bond acceptors (Lipinski definition) is 5. The van der Waals surface area contributed by atoms with Gasteiger partial charge in [0.25, 0.3) is 0 Å². The average Bonchev–Trinajstić information content (AvgIpc) is 2.82. The molecule has 0 saturated heterocycles. The first-order valence-corrected chi connectivity index (χ1v) is 7.41. The number of nitrogens with zero attached hydrogens (tertiary/aromatic N) is 2. The molecular weight excluding hydrogens is 280 g/mol. The SMILES string of the molecule is Cc1oncc1COc1ccc(S(=O)(=O)N(C)C)cc1. The van der Waals surface area contributed by atoms with Gasteiger partial charge < -0.3 is 9.26 Å². The van der Waals surface area contributed by atoms with Crippen LogP contribution in [0.25, 0.3) is 0 Å². The third kappa shape index (κ3) is 3.00. The van der Waals surface area contributed by atoms with E-state index in [0.717, 1.165) is 5.56 Å². The summed E-state index contributed by atoms with van der Waals surface area (Å²) in [6, 6.07) is 6.29. The molecule has 2 aromatic rings. The van der Waals surface area contributed by atoms with Gasteiger partial charge in [-0.1, -0.05) is 5.16 Å². The summed E-state index contributed by atoms with van der Waals surface area (Å²) in [5.74, 6) is 1.29. The van der Waals surface area contributed by atoms with Crippen LogP contribution >= 0.6 is 0 Å². The van der Waals surface area contributed by atoms with Gasteiger partial charge in [-0.3, -0.25) is 0 Å². The standard InChI is InChI=1S/C13H16N2O4S/c1-10-11(8-14-19-10)9-18-12-4-6-13(7-5-12)20(16,17)15(2)3/h4-8H,9H2,1-3H3. The summed E-state index contributed by atoms with van der Waals surface area (Å²) in [5, 5.41) is 3.66. The monoisotopic (exact) mass is 296 g/mol. The minimum Gasteiger partial charge on any atom is -0.489 e. The summed E-state index contributed by atoms with van der Waals surface area (Å²) in [6.07, 6.45) is 1.60. The van der Waals surface area contributed by atoms with Crippen LogP contribution in [0.2, 0.25) is 0 Å². The second-order valence-electron chi connectivity index (χ2n) is 4.45. The number of sulfonamides is 1. The summed E-state index contributed by atoms with van der Waals surface area (Å²) in [4.78, 5) is 0.232. The Labute approximate surface area is 118 Å². The first-order valence-electron chi connectivity index (χ1n) is 5.97. The number of aryl methyl sites for hydroxylation is 1. The van der Waals surface area contributed by atoms with E-state index < -0.39 is 10.0 Å². The van der Waals surface area contributed by atoms with Crippen LogP contribution in [0.4, 0.5) is 0 Å². The zero-order valence-electron chi connectivity index (χ0n) is 11.5. The summed E-state index contributed by atoms with van der Waals surface area (Å²) < 4.78 is 35.4. The van der Waals surface area contributed by atoms with Gasteiger partial charge in [0.1, 0.15) is 18.1 Å². The van der Waals surface area contributed by atoms with Crippen LogP contribution < -0.4 is 4.74 Å². The van der Waals surface area contributed by atoms with Gasteiger partial charge in [0.15, 0.2) is 0 Å². The Kier molecular flexibility index (Phi) is 4.10. The molecule has 0 bridgehead atoms. The Balaban J connectivity index is 2.08. The van der Waals surface area contributed by atoms with Gasteiger partial charge in [0.2, 0.25) is 10.0 Å². The number of aromatic nitrogens is 1. The van der Waals surface area contributed by atoms with Crippen molar-refractivity contribution in [2.75, 3.05) is 14.1 Å². The minimum atomic E-state index is -3.41. The summed E-state index contributed by atoms with van der Waals surface area (Å²) in [7, 11) is -0.417. The molecular formula is C13H16N2O4S. The van der Waals surface area contributed by atoms with Gasteiger partial charge in [-0.15, -0.1) is 0 Å². The van der Waals surface area contributed by atoms with E-state index in [-0.39, 0.29) is 4.90 Å². The fourth-order valence-electron chi connectivity index (χ4n) is 1.54. The van der Waals surface area contributed by atoms with Crippen LogP contribution in [0.3, 0.4) is 0 Å². The van der Waals surface area contributed by atoms with Gasteiger partial charge in [-0.05, 0) is 31.2 Å². The molecule has 6 nitrogen and oxygen atoms in total. The molecule has 0 atom stereocenters. The topological polar surface area (TPSA) is 72.6 Å². The molecule has 0 spiro atoms. The quantitative estimate of drug-likeness (QED) is 0.841. The lowest BCUT2D eigenvalue weighted by molar-refractivity contribution is 0.302. The molecule has 7 heteroatoms. The fraction of sp³-hybridized carbons (Fsp3) is 0.308. The molecule has 1 heterocycles. The largest absolute Gasteiger partial charge is 0.489 e. The first kappa shape index (κ1) is 14.5. The predicted molar refractivity (Wildman–Crippen MR) is 72.9 cm³/mol. The van der Waals surface area contributed by atoms with E-state index in [0.29, 0.717) is 18.1 Å². The minimum absolute atomic E-state index is 0.232. The highest BCUT2D eigenvalue weighted by Crippen LogP contribution is 2.19. The molecule has 108 valence electrons. The maximum Gasteiger partial charge on any atom is 0.242 e. The summed E-state index contributed by atoms with van der Waals surface area (Å²) in [5.41, 5.74) is 0.856. The van der Waals surface area contributed by atoms with Crippen molar-refractivity contribution in [2.24, 2.45) is 0 Å². The molecule has 0 aliphatic carbocycles. The van der Waals surface area contributed by atoms with E-state index >= 15 is 0 Å². The van der Waals surface area contributed by atoms with Crippen molar-refractivity contribution in [3.63, 3.8) is 0 Å². The van der Waals surface area contributed by atoms with E-state index in [1.54, 1.807) is 25.3 Å². The Morgan fingerprint density at radius 2 is 1.90 bits per heavy atom. The maximum absolute atomic E-state index is 11.9. The van der Waals surface area contributed by atoms with Gasteiger partial charge in [0, 0.05) is 14.1 Å². The Morgan fingerprint density at radius 1 is 1.25 bits per heavy atom. The van der Waals surface area contributed by atoms with Crippen LogP contribution in [-0.4, -0.2) is 32.0 Å². The normalized spacial score (nSPS) is 11.8. The third-order valence-electron chi connectivity index (χ3n) is 2.85. The zero-order valence-corrected chi connectivity index (χ0v) is 12.3. The van der Waals surface area contributed by atoms with Gasteiger partial charge in [-0.25, -0.2) is 12.7 Å². The van der Waals surface area contributed by atoms with E-state index in [1.807, 2.05) is 0 Å². The van der Waals surface area contributed by atoms with Crippen molar-refractivity contribution >= 4 is 10.0 Å². The van der Waals surface area contributed by atoms with Crippen molar-refractivity contribution in [3.8, 4) is 5.75 Å². The smallest absolute Gasteiger partial charge is 0.242 e. The lowest BCUT2D eigenvalue weighted by Crippen LogP contribution is -2.22. The van der Waals surface area contributed by atoms with E-state index in [4.69, 9.17) is 9.26 Å². The first-order chi connectivity index (χ1) is 9.41. The molecule has 0 radical (unpaired) electrons. The maximum atomic E-state index is 11.9. The lowest BCUT2D eigenvalue weighted by atomic mass is 10.3. The van der Waals surface area contributed by atoms with Crippen molar-refractivity contribution in [2.45, 2.75) is 18.4 Å². The van der Waals surface area contributed by atoms with Gasteiger partial charge >= 0.3 is 0 Å². The summed E-state index contributed by atoms with van der Waals surface area (Å²) >= 11 is 0. The Hall–Kier alpha value is -1.86. The molecule has 0 aliphatic heterocycles. The van der Waals surface area contributed by atoms with Crippen molar-refractivity contribution in [1.82, 2.24) is 9.46 Å². The molecule has 0 aliphatic rings. The fourth-order valence-corrected chi connectivity index (χ4v) is 2.44. The zero-order chi connectivity index (χ0) is 14.8. The highest BCUT2D eigenvalue weighted by atomic mass is 32.2. The second kappa shape index (κ2) is 5.64. The van der Waals surface area contributed by atoms with Crippen molar-refractivity contribution in [3.05, 3.63) is 41.8 Å². The molecule has 0 saturated carbocycles. The molecule has 0 N–H and O–H groups in total. The van der Waals surface area contributed by atoms with Crippen molar-refractivity contribution < 1.29 is 17.7 Å². The molecule has 0 fully saturated rings. The lowest BCUT2D eigenvalue weighted by Gasteiger charge is -2.11. The van der Waals surface area contributed by atoms with Gasteiger partial charge in [0.05, 0.1) is 16.7 Å². The number of rotatable bonds is 5. The Bertz CT molecular complexity index is 675. The van der Waals surface area contributed by atoms with E-state index in [2.05, 4.69) is 5.16 Å². The van der Waals surface area contributed by atoms with Crippen LogP contribution in [0.5, 0.6) is 5.75 Å². The van der Waals surface area contributed by atoms with Crippen LogP contribution in [-0.2, 0) is 16.6 Å². The second-order valence-corrected chi connectivity index (χ2v) is 6.61. The molecule has 0 unspecified atom stereocenters. The van der Waals surface area contributed by atoms with Crippen LogP contribution in [0, 0.1) is 6.92 Å². The van der Waals surface area contributed by atoms with Gasteiger partial charge in [-0.2, -0.15) is 0 Å². The molecule has 1 aromatic heterocycles. The molecule has 2 rings (SSSR count). The predicted octanol–water partition coefficient (Wildman–Crippen LogP) is 1.81. The van der Waals surface area contributed by atoms with E-state index in [9.17, 15) is 8.42 Å². The molecule has 20 heavy (non-hydrogen) atoms. The van der Waals surface area contributed by atoms with Crippen LogP contribution in [0.1, 0.15) is 11.3 Å². The Morgan fingerprint density at radius 3 is 2.40 bits per heavy atom. The highest BCUT2D eigenvalue weighted by molar-refractivity contribution is 7.89. The van der Waals surface area contributed by atoms with E-state index in [1.165, 1.54) is 30.5 Å². The molecule has 0 amide bonds. The average molecular weight is 296 g/mol. The molecule has 1 aromatic carbocycles. The number of ether oxygens (including phenoxy) is 1. The third-order valence-corrected chi connectivity index (χ3v) is 4.68. The number of hydrogen-bond donors (Lipinski definition) is 0. The number of benzene rings is 1.